The standard InChI is InChI=1S/C10H11ClFNO2/c1-6(5-11)13-10(15)8-4-7(12)2-3-9(8)14/h2-4,6,14H,5H2,1H3,(H,13,15). The lowest BCUT2D eigenvalue weighted by atomic mass is 10.1. The van der Waals surface area contributed by atoms with Crippen LogP contribution >= 0.6 is 11.6 Å². The van der Waals surface area contributed by atoms with Crippen LogP contribution in [0.3, 0.4) is 0 Å². The van der Waals surface area contributed by atoms with Crippen LogP contribution in [0.2, 0.25) is 0 Å². The molecule has 1 amide bonds. The van der Waals surface area contributed by atoms with Crippen LogP contribution in [0.5, 0.6) is 5.75 Å². The first-order valence-corrected chi connectivity index (χ1v) is 4.93. The summed E-state index contributed by atoms with van der Waals surface area (Å²) in [5, 5.41) is 11.8. The highest BCUT2D eigenvalue weighted by atomic mass is 35.5. The van der Waals surface area contributed by atoms with Gasteiger partial charge in [-0.2, -0.15) is 0 Å². The molecule has 0 aliphatic rings. The Kier molecular flexibility index (Phi) is 3.91. The van der Waals surface area contributed by atoms with Crippen molar-refractivity contribution in [3.05, 3.63) is 29.6 Å². The van der Waals surface area contributed by atoms with Crippen LogP contribution in [0.25, 0.3) is 0 Å². The Hall–Kier alpha value is -1.29. The number of halogens is 2. The molecule has 0 saturated heterocycles. The Morgan fingerprint density at radius 1 is 1.67 bits per heavy atom. The predicted molar refractivity (Wildman–Crippen MR) is 55.7 cm³/mol. The number of carbonyl (C=O) groups is 1. The monoisotopic (exact) mass is 231 g/mol. The zero-order chi connectivity index (χ0) is 11.4. The Morgan fingerprint density at radius 3 is 2.93 bits per heavy atom. The summed E-state index contributed by atoms with van der Waals surface area (Å²) < 4.78 is 12.8. The van der Waals surface area contributed by atoms with Gasteiger partial charge in [-0.05, 0) is 25.1 Å². The van der Waals surface area contributed by atoms with Gasteiger partial charge in [0.15, 0.2) is 0 Å². The molecule has 82 valence electrons. The number of amides is 1. The van der Waals surface area contributed by atoms with Crippen molar-refractivity contribution < 1.29 is 14.3 Å². The number of hydrogen-bond donors (Lipinski definition) is 2. The largest absolute Gasteiger partial charge is 0.507 e. The lowest BCUT2D eigenvalue weighted by Crippen LogP contribution is -2.33. The first kappa shape index (κ1) is 11.8. The number of rotatable bonds is 3. The lowest BCUT2D eigenvalue weighted by molar-refractivity contribution is 0.0940. The summed E-state index contributed by atoms with van der Waals surface area (Å²) in [7, 11) is 0. The first-order valence-electron chi connectivity index (χ1n) is 4.40. The average Bonchev–Trinajstić information content (AvgIpc) is 2.21. The molecule has 3 nitrogen and oxygen atoms in total. The number of nitrogens with one attached hydrogen (secondary N) is 1. The van der Waals surface area contributed by atoms with E-state index in [1.807, 2.05) is 0 Å². The van der Waals surface area contributed by atoms with Crippen molar-refractivity contribution in [3.8, 4) is 5.75 Å². The van der Waals surface area contributed by atoms with Crippen molar-refractivity contribution in [3.63, 3.8) is 0 Å². The zero-order valence-electron chi connectivity index (χ0n) is 8.13. The maximum atomic E-state index is 12.8. The molecule has 0 bridgehead atoms. The summed E-state index contributed by atoms with van der Waals surface area (Å²) in [6.45, 7) is 1.71. The van der Waals surface area contributed by atoms with E-state index in [1.165, 1.54) is 0 Å². The maximum Gasteiger partial charge on any atom is 0.255 e. The third kappa shape index (κ3) is 3.09. The Morgan fingerprint density at radius 2 is 2.33 bits per heavy atom. The van der Waals surface area contributed by atoms with Crippen LogP contribution < -0.4 is 5.32 Å². The van der Waals surface area contributed by atoms with Crippen molar-refractivity contribution in [1.29, 1.82) is 0 Å². The summed E-state index contributed by atoms with van der Waals surface area (Å²) in [5.74, 6) is -1.12. The third-order valence-corrected chi connectivity index (χ3v) is 2.28. The molecule has 0 fully saturated rings. The van der Waals surface area contributed by atoms with E-state index >= 15 is 0 Å². The Labute approximate surface area is 91.9 Å². The lowest BCUT2D eigenvalue weighted by Gasteiger charge is -2.11. The van der Waals surface area contributed by atoms with Gasteiger partial charge in [0.1, 0.15) is 11.6 Å². The van der Waals surface area contributed by atoms with E-state index in [2.05, 4.69) is 5.32 Å². The molecule has 0 heterocycles. The number of carbonyl (C=O) groups excluding carboxylic acids is 1. The molecule has 0 aromatic heterocycles. The molecule has 0 saturated carbocycles. The van der Waals surface area contributed by atoms with Gasteiger partial charge in [0.25, 0.3) is 5.91 Å². The molecule has 2 N–H and O–H groups in total. The van der Waals surface area contributed by atoms with E-state index in [0.29, 0.717) is 0 Å². The zero-order valence-corrected chi connectivity index (χ0v) is 8.88. The topological polar surface area (TPSA) is 49.3 Å². The van der Waals surface area contributed by atoms with Crippen molar-refractivity contribution in [1.82, 2.24) is 5.32 Å². The minimum absolute atomic E-state index is 0.0908. The summed E-state index contributed by atoms with van der Waals surface area (Å²) in [4.78, 5) is 11.5. The quantitative estimate of drug-likeness (QED) is 0.781. The van der Waals surface area contributed by atoms with Crippen LogP contribution in [0, 0.1) is 5.82 Å². The van der Waals surface area contributed by atoms with Crippen LogP contribution in [0.15, 0.2) is 18.2 Å². The second kappa shape index (κ2) is 4.98. The molecular weight excluding hydrogens is 221 g/mol. The minimum atomic E-state index is -0.573. The van der Waals surface area contributed by atoms with Crippen molar-refractivity contribution >= 4 is 17.5 Å². The van der Waals surface area contributed by atoms with Gasteiger partial charge in [0.05, 0.1) is 5.56 Å². The fraction of sp³-hybridized carbons (Fsp3) is 0.300. The average molecular weight is 232 g/mol. The smallest absolute Gasteiger partial charge is 0.255 e. The number of phenols is 1. The second-order valence-corrected chi connectivity index (χ2v) is 3.50. The van der Waals surface area contributed by atoms with Gasteiger partial charge in [0.2, 0.25) is 0 Å². The van der Waals surface area contributed by atoms with E-state index in [0.717, 1.165) is 18.2 Å². The van der Waals surface area contributed by atoms with Gasteiger partial charge in [-0.3, -0.25) is 4.79 Å². The van der Waals surface area contributed by atoms with Gasteiger partial charge in [0, 0.05) is 11.9 Å². The molecule has 1 rings (SSSR count). The third-order valence-electron chi connectivity index (χ3n) is 1.81. The Bertz CT molecular complexity index is 370. The van der Waals surface area contributed by atoms with Crippen LogP contribution in [-0.2, 0) is 0 Å². The molecule has 1 atom stereocenters. The molecule has 0 aliphatic carbocycles. The maximum absolute atomic E-state index is 12.8. The van der Waals surface area contributed by atoms with E-state index in [1.54, 1.807) is 6.92 Å². The van der Waals surface area contributed by atoms with Crippen molar-refractivity contribution in [2.45, 2.75) is 13.0 Å². The molecule has 15 heavy (non-hydrogen) atoms. The summed E-state index contributed by atoms with van der Waals surface area (Å²) in [5.41, 5.74) is -0.0908. The highest BCUT2D eigenvalue weighted by molar-refractivity contribution is 6.18. The normalized spacial score (nSPS) is 12.2. The number of hydrogen-bond acceptors (Lipinski definition) is 2. The molecule has 0 aliphatic heterocycles. The highest BCUT2D eigenvalue weighted by Gasteiger charge is 2.13. The highest BCUT2D eigenvalue weighted by Crippen LogP contribution is 2.17. The summed E-state index contributed by atoms with van der Waals surface area (Å²) in [6.07, 6.45) is 0. The fourth-order valence-electron chi connectivity index (χ4n) is 1.03. The first-order chi connectivity index (χ1) is 7.04. The van der Waals surface area contributed by atoms with Crippen LogP contribution in [0.4, 0.5) is 4.39 Å². The number of aromatic hydroxyl groups is 1. The van der Waals surface area contributed by atoms with Gasteiger partial charge >= 0.3 is 0 Å². The molecule has 1 aromatic carbocycles. The molecule has 0 spiro atoms. The van der Waals surface area contributed by atoms with Crippen molar-refractivity contribution in [2.75, 3.05) is 5.88 Å². The van der Waals surface area contributed by atoms with E-state index in [9.17, 15) is 14.3 Å². The number of alkyl halides is 1. The van der Waals surface area contributed by atoms with Gasteiger partial charge in [-0.15, -0.1) is 11.6 Å². The fourth-order valence-corrected chi connectivity index (χ4v) is 1.11. The SMILES string of the molecule is CC(CCl)NC(=O)c1cc(F)ccc1O. The predicted octanol–water partition coefficient (Wildman–Crippen LogP) is 1.89. The van der Waals surface area contributed by atoms with Gasteiger partial charge in [-0.25, -0.2) is 4.39 Å². The van der Waals surface area contributed by atoms with Gasteiger partial charge in [-0.1, -0.05) is 0 Å². The summed E-state index contributed by atoms with van der Waals surface area (Å²) >= 11 is 5.50. The van der Waals surface area contributed by atoms with E-state index in [4.69, 9.17) is 11.6 Å². The molecular formula is C10H11ClFNO2. The molecule has 1 aromatic rings. The number of benzene rings is 1. The van der Waals surface area contributed by atoms with E-state index in [-0.39, 0.29) is 23.2 Å². The summed E-state index contributed by atoms with van der Waals surface area (Å²) in [6, 6.07) is 2.96. The molecule has 1 unspecified atom stereocenters. The van der Waals surface area contributed by atoms with Gasteiger partial charge < -0.3 is 10.4 Å². The van der Waals surface area contributed by atoms with E-state index < -0.39 is 11.7 Å². The molecule has 0 radical (unpaired) electrons. The minimum Gasteiger partial charge on any atom is -0.507 e. The van der Waals surface area contributed by atoms with Crippen LogP contribution in [0.1, 0.15) is 17.3 Å². The van der Waals surface area contributed by atoms with Crippen LogP contribution in [-0.4, -0.2) is 22.9 Å². The second-order valence-electron chi connectivity index (χ2n) is 3.19. The Balaban J connectivity index is 2.86. The van der Waals surface area contributed by atoms with Crippen molar-refractivity contribution in [2.24, 2.45) is 0 Å². The molecule has 5 heteroatoms. The number of phenolic OH excluding ortho intramolecular Hbond substituents is 1.